The monoisotopic (exact) mass is 399 g/mol. The van der Waals surface area contributed by atoms with Crippen molar-refractivity contribution in [2.45, 2.75) is 19.9 Å². The third-order valence-corrected chi connectivity index (χ3v) is 4.12. The van der Waals surface area contributed by atoms with Crippen molar-refractivity contribution in [1.82, 2.24) is 15.1 Å². The van der Waals surface area contributed by atoms with Gasteiger partial charge in [-0.2, -0.15) is 5.10 Å². The second-order valence-electron chi connectivity index (χ2n) is 4.44. The van der Waals surface area contributed by atoms with Crippen LogP contribution < -0.4 is 5.32 Å². The molecule has 1 amide bonds. The normalized spacial score (nSPS) is 10.6. The lowest BCUT2D eigenvalue weighted by Gasteiger charge is -2.07. The molecule has 0 bridgehead atoms. The van der Waals surface area contributed by atoms with Crippen molar-refractivity contribution in [1.29, 1.82) is 0 Å². The Bertz CT molecular complexity index is 637. The average molecular weight is 401 g/mol. The van der Waals surface area contributed by atoms with Gasteiger partial charge in [0.2, 0.25) is 0 Å². The molecule has 0 spiro atoms. The Morgan fingerprint density at radius 2 is 2.15 bits per heavy atom. The van der Waals surface area contributed by atoms with Crippen molar-refractivity contribution in [3.63, 3.8) is 0 Å². The number of nitrogens with one attached hydrogen (secondary N) is 1. The Morgan fingerprint density at radius 3 is 2.85 bits per heavy atom. The summed E-state index contributed by atoms with van der Waals surface area (Å²) in [6.07, 6.45) is 2.79. The van der Waals surface area contributed by atoms with E-state index >= 15 is 0 Å². The quantitative estimate of drug-likeness (QED) is 0.854. The molecule has 1 N–H and O–H groups in total. The minimum absolute atomic E-state index is 0.107. The van der Waals surface area contributed by atoms with Crippen LogP contribution in [0.15, 0.2) is 33.3 Å². The summed E-state index contributed by atoms with van der Waals surface area (Å²) in [5, 5.41) is 7.29. The lowest BCUT2D eigenvalue weighted by molar-refractivity contribution is 0.0950. The van der Waals surface area contributed by atoms with Crippen molar-refractivity contribution >= 4 is 37.8 Å². The van der Waals surface area contributed by atoms with Crippen molar-refractivity contribution in [2.75, 3.05) is 0 Å². The zero-order valence-corrected chi connectivity index (χ0v) is 14.5. The van der Waals surface area contributed by atoms with Gasteiger partial charge in [-0.05, 0) is 40.5 Å². The molecule has 6 heteroatoms. The zero-order chi connectivity index (χ0) is 14.7. The van der Waals surface area contributed by atoms with Gasteiger partial charge in [0.05, 0.1) is 11.3 Å². The molecular formula is C14H15Br2N3O. The summed E-state index contributed by atoms with van der Waals surface area (Å²) in [7, 11) is 1.88. The molecule has 1 aromatic carbocycles. The van der Waals surface area contributed by atoms with Gasteiger partial charge in [0, 0.05) is 34.3 Å². The van der Waals surface area contributed by atoms with Crippen LogP contribution in [0.2, 0.25) is 0 Å². The van der Waals surface area contributed by atoms with Gasteiger partial charge in [-0.1, -0.05) is 22.9 Å². The molecule has 0 saturated heterocycles. The predicted molar refractivity (Wildman–Crippen MR) is 85.6 cm³/mol. The first-order valence-electron chi connectivity index (χ1n) is 6.26. The molecule has 0 aliphatic carbocycles. The van der Waals surface area contributed by atoms with Gasteiger partial charge in [0.1, 0.15) is 0 Å². The SMILES string of the molecule is CCc1nn(C)cc1CNC(=O)c1cc(Br)ccc1Br. The number of hydrogen-bond donors (Lipinski definition) is 1. The van der Waals surface area contributed by atoms with Crippen LogP contribution in [-0.2, 0) is 20.0 Å². The van der Waals surface area contributed by atoms with Crippen LogP contribution in [0, 0.1) is 0 Å². The second-order valence-corrected chi connectivity index (χ2v) is 6.21. The minimum Gasteiger partial charge on any atom is -0.348 e. The molecule has 106 valence electrons. The van der Waals surface area contributed by atoms with Crippen LogP contribution in [0.25, 0.3) is 0 Å². The van der Waals surface area contributed by atoms with Crippen molar-refractivity contribution < 1.29 is 4.79 Å². The summed E-state index contributed by atoms with van der Waals surface area (Å²) in [6, 6.07) is 5.53. The number of benzene rings is 1. The van der Waals surface area contributed by atoms with Crippen molar-refractivity contribution in [3.05, 3.63) is 50.2 Å². The number of carbonyl (C=O) groups excluding carboxylic acids is 1. The topological polar surface area (TPSA) is 46.9 Å². The average Bonchev–Trinajstić information content (AvgIpc) is 2.79. The Labute approximate surface area is 134 Å². The molecule has 2 rings (SSSR count). The van der Waals surface area contributed by atoms with E-state index < -0.39 is 0 Å². The summed E-state index contributed by atoms with van der Waals surface area (Å²) in [6.45, 7) is 2.54. The number of rotatable bonds is 4. The number of aromatic nitrogens is 2. The van der Waals surface area contributed by atoms with E-state index in [1.54, 1.807) is 10.7 Å². The lowest BCUT2D eigenvalue weighted by atomic mass is 10.2. The Balaban J connectivity index is 2.10. The number of amides is 1. The summed E-state index contributed by atoms with van der Waals surface area (Å²) < 4.78 is 3.43. The highest BCUT2D eigenvalue weighted by Crippen LogP contribution is 2.21. The molecule has 0 aliphatic rings. The fourth-order valence-corrected chi connectivity index (χ4v) is 2.76. The molecule has 1 heterocycles. The number of nitrogens with zero attached hydrogens (tertiary/aromatic N) is 2. The fraction of sp³-hybridized carbons (Fsp3) is 0.286. The van der Waals surface area contributed by atoms with E-state index in [1.165, 1.54) is 0 Å². The van der Waals surface area contributed by atoms with Crippen LogP contribution in [0.1, 0.15) is 28.5 Å². The van der Waals surface area contributed by atoms with Crippen molar-refractivity contribution in [3.8, 4) is 0 Å². The first-order valence-corrected chi connectivity index (χ1v) is 7.84. The van der Waals surface area contributed by atoms with Gasteiger partial charge in [-0.15, -0.1) is 0 Å². The van der Waals surface area contributed by atoms with Crippen LogP contribution in [0.5, 0.6) is 0 Å². The molecule has 1 aromatic heterocycles. The Hall–Kier alpha value is -1.14. The van der Waals surface area contributed by atoms with Crippen LogP contribution in [-0.4, -0.2) is 15.7 Å². The largest absolute Gasteiger partial charge is 0.348 e. The van der Waals surface area contributed by atoms with Gasteiger partial charge in [-0.25, -0.2) is 0 Å². The third-order valence-electron chi connectivity index (χ3n) is 2.94. The molecule has 4 nitrogen and oxygen atoms in total. The number of halogens is 2. The van der Waals surface area contributed by atoms with Gasteiger partial charge in [-0.3, -0.25) is 9.48 Å². The minimum atomic E-state index is -0.107. The van der Waals surface area contributed by atoms with E-state index in [-0.39, 0.29) is 5.91 Å². The highest BCUT2D eigenvalue weighted by Gasteiger charge is 2.12. The standard InChI is InChI=1S/C14H15Br2N3O/c1-3-13-9(8-19(2)18-13)7-17-14(20)11-6-10(15)4-5-12(11)16/h4-6,8H,3,7H2,1-2H3,(H,17,20). The van der Waals surface area contributed by atoms with E-state index in [0.717, 1.165) is 26.6 Å². The lowest BCUT2D eigenvalue weighted by Crippen LogP contribution is -2.23. The maximum atomic E-state index is 12.2. The first-order chi connectivity index (χ1) is 9.51. The molecule has 0 atom stereocenters. The molecule has 0 aliphatic heterocycles. The molecule has 2 aromatic rings. The molecule has 20 heavy (non-hydrogen) atoms. The summed E-state index contributed by atoms with van der Waals surface area (Å²) >= 11 is 6.76. The number of hydrogen-bond acceptors (Lipinski definition) is 2. The van der Waals surface area contributed by atoms with E-state index in [0.29, 0.717) is 12.1 Å². The van der Waals surface area contributed by atoms with Gasteiger partial charge in [0.25, 0.3) is 5.91 Å². The molecule has 0 saturated carbocycles. The summed E-state index contributed by atoms with van der Waals surface area (Å²) in [5.41, 5.74) is 2.68. The highest BCUT2D eigenvalue weighted by molar-refractivity contribution is 9.11. The van der Waals surface area contributed by atoms with Crippen LogP contribution >= 0.6 is 31.9 Å². The molecular weight excluding hydrogens is 386 g/mol. The van der Waals surface area contributed by atoms with E-state index in [9.17, 15) is 4.79 Å². The van der Waals surface area contributed by atoms with E-state index in [2.05, 4.69) is 49.2 Å². The summed E-state index contributed by atoms with van der Waals surface area (Å²) in [4.78, 5) is 12.2. The van der Waals surface area contributed by atoms with E-state index in [1.807, 2.05) is 25.4 Å². The number of aryl methyl sites for hydroxylation is 2. The predicted octanol–water partition coefficient (Wildman–Crippen LogP) is 3.44. The Morgan fingerprint density at radius 1 is 1.40 bits per heavy atom. The second kappa shape index (κ2) is 6.54. The Kier molecular flexibility index (Phi) is 4.99. The molecule has 0 unspecified atom stereocenters. The summed E-state index contributed by atoms with van der Waals surface area (Å²) in [5.74, 6) is -0.107. The molecule has 0 radical (unpaired) electrons. The zero-order valence-electron chi connectivity index (χ0n) is 11.3. The first kappa shape index (κ1) is 15.3. The molecule has 0 fully saturated rings. The van der Waals surface area contributed by atoms with Crippen LogP contribution in [0.4, 0.5) is 0 Å². The number of carbonyl (C=O) groups is 1. The van der Waals surface area contributed by atoms with Gasteiger partial charge >= 0.3 is 0 Å². The third kappa shape index (κ3) is 3.49. The maximum absolute atomic E-state index is 12.2. The highest BCUT2D eigenvalue weighted by atomic mass is 79.9. The van der Waals surface area contributed by atoms with E-state index in [4.69, 9.17) is 0 Å². The van der Waals surface area contributed by atoms with Crippen LogP contribution in [0.3, 0.4) is 0 Å². The fourth-order valence-electron chi connectivity index (χ4n) is 1.97. The maximum Gasteiger partial charge on any atom is 0.252 e. The van der Waals surface area contributed by atoms with Crippen molar-refractivity contribution in [2.24, 2.45) is 7.05 Å². The van der Waals surface area contributed by atoms with Gasteiger partial charge < -0.3 is 5.32 Å². The van der Waals surface area contributed by atoms with Gasteiger partial charge in [0.15, 0.2) is 0 Å². The smallest absolute Gasteiger partial charge is 0.252 e.